The van der Waals surface area contributed by atoms with E-state index in [2.05, 4.69) is 24.5 Å². The third kappa shape index (κ3) is 5.98. The maximum absolute atomic E-state index is 11.9. The molecule has 0 unspecified atom stereocenters. The van der Waals surface area contributed by atoms with E-state index >= 15 is 0 Å². The second kappa shape index (κ2) is 7.81. The van der Waals surface area contributed by atoms with Crippen LogP contribution in [-0.4, -0.2) is 18.4 Å². The van der Waals surface area contributed by atoms with E-state index in [0.717, 1.165) is 23.2 Å². The van der Waals surface area contributed by atoms with Crippen LogP contribution < -0.4 is 10.6 Å². The van der Waals surface area contributed by atoms with Crippen molar-refractivity contribution in [2.45, 2.75) is 47.5 Å². The Labute approximate surface area is 127 Å². The zero-order valence-corrected chi connectivity index (χ0v) is 13.7. The molecule has 1 rings (SSSR count). The van der Waals surface area contributed by atoms with Crippen LogP contribution in [0.3, 0.4) is 0 Å². The van der Waals surface area contributed by atoms with Gasteiger partial charge in [0.2, 0.25) is 11.8 Å². The lowest BCUT2D eigenvalue weighted by Gasteiger charge is -2.13. The lowest BCUT2D eigenvalue weighted by Crippen LogP contribution is -2.33. The molecule has 0 radical (unpaired) electrons. The van der Waals surface area contributed by atoms with Crippen LogP contribution in [0.5, 0.6) is 0 Å². The van der Waals surface area contributed by atoms with Crippen LogP contribution in [-0.2, 0) is 9.59 Å². The number of benzene rings is 1. The molecule has 0 aromatic heterocycles. The summed E-state index contributed by atoms with van der Waals surface area (Å²) in [5, 5.41) is 5.53. The molecule has 0 aliphatic carbocycles. The van der Waals surface area contributed by atoms with Crippen LogP contribution in [0.15, 0.2) is 12.1 Å². The Bertz CT molecular complexity index is 499. The van der Waals surface area contributed by atoms with Gasteiger partial charge in [0.05, 0.1) is 6.54 Å². The lowest BCUT2D eigenvalue weighted by atomic mass is 10.1. The molecule has 0 bridgehead atoms. The average Bonchev–Trinajstić information content (AvgIpc) is 2.38. The highest BCUT2D eigenvalue weighted by Gasteiger charge is 2.10. The maximum atomic E-state index is 11.9. The van der Waals surface area contributed by atoms with Gasteiger partial charge < -0.3 is 10.6 Å². The van der Waals surface area contributed by atoms with E-state index in [1.54, 1.807) is 0 Å². The summed E-state index contributed by atoms with van der Waals surface area (Å²) < 4.78 is 0. The Balaban J connectivity index is 2.50. The van der Waals surface area contributed by atoms with Crippen molar-refractivity contribution in [1.29, 1.82) is 0 Å². The van der Waals surface area contributed by atoms with E-state index in [-0.39, 0.29) is 18.4 Å². The van der Waals surface area contributed by atoms with Gasteiger partial charge in [0.15, 0.2) is 0 Å². The molecular formula is C17H26N2O2. The van der Waals surface area contributed by atoms with Crippen LogP contribution in [0.25, 0.3) is 0 Å². The van der Waals surface area contributed by atoms with Gasteiger partial charge >= 0.3 is 0 Å². The summed E-state index contributed by atoms with van der Waals surface area (Å²) in [5.41, 5.74) is 4.07. The van der Waals surface area contributed by atoms with E-state index < -0.39 is 0 Å². The molecule has 0 saturated heterocycles. The predicted molar refractivity (Wildman–Crippen MR) is 86.4 cm³/mol. The molecule has 4 nitrogen and oxygen atoms in total. The van der Waals surface area contributed by atoms with E-state index in [1.807, 2.05) is 32.9 Å². The summed E-state index contributed by atoms with van der Waals surface area (Å²) in [6.07, 6.45) is 1.30. The van der Waals surface area contributed by atoms with E-state index in [4.69, 9.17) is 0 Å². The SMILES string of the molecule is Cc1cc(C)c(NC(=O)CNC(=O)CCC(C)C)c(C)c1. The molecule has 2 amide bonds. The first kappa shape index (κ1) is 17.2. The number of hydrogen-bond acceptors (Lipinski definition) is 2. The van der Waals surface area contributed by atoms with E-state index in [9.17, 15) is 9.59 Å². The molecular weight excluding hydrogens is 264 g/mol. The Morgan fingerprint density at radius 3 is 2.14 bits per heavy atom. The highest BCUT2D eigenvalue weighted by atomic mass is 16.2. The van der Waals surface area contributed by atoms with Gasteiger partial charge in [-0.3, -0.25) is 9.59 Å². The van der Waals surface area contributed by atoms with Crippen molar-refractivity contribution in [3.63, 3.8) is 0 Å². The van der Waals surface area contributed by atoms with Gasteiger partial charge in [-0.2, -0.15) is 0 Å². The largest absolute Gasteiger partial charge is 0.347 e. The summed E-state index contributed by atoms with van der Waals surface area (Å²) in [6.45, 7) is 10.1. The molecule has 0 atom stereocenters. The summed E-state index contributed by atoms with van der Waals surface area (Å²) in [6, 6.07) is 4.06. The minimum absolute atomic E-state index is 0.0175. The fourth-order valence-electron chi connectivity index (χ4n) is 2.25. The van der Waals surface area contributed by atoms with Gasteiger partial charge in [-0.15, -0.1) is 0 Å². The average molecular weight is 290 g/mol. The molecule has 116 valence electrons. The molecule has 1 aromatic rings. The van der Waals surface area contributed by atoms with E-state index in [0.29, 0.717) is 12.3 Å². The molecule has 1 aromatic carbocycles. The summed E-state index contributed by atoms with van der Waals surface area (Å²) in [4.78, 5) is 23.5. The summed E-state index contributed by atoms with van der Waals surface area (Å²) in [7, 11) is 0. The predicted octanol–water partition coefficient (Wildman–Crippen LogP) is 3.10. The monoisotopic (exact) mass is 290 g/mol. The first-order chi connectivity index (χ1) is 9.79. The zero-order valence-electron chi connectivity index (χ0n) is 13.7. The fourth-order valence-corrected chi connectivity index (χ4v) is 2.25. The first-order valence-electron chi connectivity index (χ1n) is 7.44. The number of carbonyl (C=O) groups is 2. The number of hydrogen-bond donors (Lipinski definition) is 2. The van der Waals surface area contributed by atoms with Crippen LogP contribution >= 0.6 is 0 Å². The Hall–Kier alpha value is -1.84. The summed E-state index contributed by atoms with van der Waals surface area (Å²) >= 11 is 0. The molecule has 0 spiro atoms. The quantitative estimate of drug-likeness (QED) is 0.845. The third-order valence-electron chi connectivity index (χ3n) is 3.34. The lowest BCUT2D eigenvalue weighted by molar-refractivity contribution is -0.124. The fraction of sp³-hybridized carbons (Fsp3) is 0.529. The molecule has 21 heavy (non-hydrogen) atoms. The maximum Gasteiger partial charge on any atom is 0.243 e. The van der Waals surface area contributed by atoms with Crippen molar-refractivity contribution in [2.75, 3.05) is 11.9 Å². The number of anilines is 1. The van der Waals surface area contributed by atoms with Gasteiger partial charge in [0.25, 0.3) is 0 Å². The van der Waals surface area contributed by atoms with Crippen molar-refractivity contribution in [1.82, 2.24) is 5.32 Å². The number of rotatable bonds is 6. The normalized spacial score (nSPS) is 10.6. The number of amides is 2. The zero-order chi connectivity index (χ0) is 16.0. The van der Waals surface area contributed by atoms with Crippen LogP contribution in [0, 0.1) is 26.7 Å². The van der Waals surface area contributed by atoms with Gasteiger partial charge in [-0.1, -0.05) is 31.5 Å². The smallest absolute Gasteiger partial charge is 0.243 e. The Morgan fingerprint density at radius 2 is 1.62 bits per heavy atom. The standard InChI is InChI=1S/C17H26N2O2/c1-11(2)6-7-15(20)18-10-16(21)19-17-13(4)8-12(3)9-14(17)5/h8-9,11H,6-7,10H2,1-5H3,(H,18,20)(H,19,21). The van der Waals surface area contributed by atoms with Crippen molar-refractivity contribution in [2.24, 2.45) is 5.92 Å². The number of carbonyl (C=O) groups excluding carboxylic acids is 2. The second-order valence-corrected chi connectivity index (χ2v) is 6.03. The Kier molecular flexibility index (Phi) is 6.40. The van der Waals surface area contributed by atoms with E-state index in [1.165, 1.54) is 5.56 Å². The highest BCUT2D eigenvalue weighted by molar-refractivity contribution is 5.95. The molecule has 4 heteroatoms. The van der Waals surface area contributed by atoms with Gasteiger partial charge in [0, 0.05) is 12.1 Å². The molecule has 0 aliphatic rings. The van der Waals surface area contributed by atoms with Crippen LogP contribution in [0.1, 0.15) is 43.4 Å². The Morgan fingerprint density at radius 1 is 1.05 bits per heavy atom. The second-order valence-electron chi connectivity index (χ2n) is 6.03. The van der Waals surface area contributed by atoms with Gasteiger partial charge in [0.1, 0.15) is 0 Å². The minimum atomic E-state index is -0.192. The highest BCUT2D eigenvalue weighted by Crippen LogP contribution is 2.21. The first-order valence-corrected chi connectivity index (χ1v) is 7.44. The minimum Gasteiger partial charge on any atom is -0.347 e. The van der Waals surface area contributed by atoms with Crippen molar-refractivity contribution >= 4 is 17.5 Å². The van der Waals surface area contributed by atoms with Crippen molar-refractivity contribution < 1.29 is 9.59 Å². The number of aryl methyl sites for hydroxylation is 3. The van der Waals surface area contributed by atoms with Crippen LogP contribution in [0.4, 0.5) is 5.69 Å². The third-order valence-corrected chi connectivity index (χ3v) is 3.34. The van der Waals surface area contributed by atoms with Crippen molar-refractivity contribution in [3.8, 4) is 0 Å². The molecule has 0 saturated carbocycles. The molecule has 0 heterocycles. The van der Waals surface area contributed by atoms with Gasteiger partial charge in [-0.05, 0) is 44.2 Å². The number of nitrogens with one attached hydrogen (secondary N) is 2. The molecule has 0 aliphatic heterocycles. The van der Waals surface area contributed by atoms with Crippen molar-refractivity contribution in [3.05, 3.63) is 28.8 Å². The molecule has 0 fully saturated rings. The van der Waals surface area contributed by atoms with Gasteiger partial charge in [-0.25, -0.2) is 0 Å². The molecule has 2 N–H and O–H groups in total. The van der Waals surface area contributed by atoms with Crippen LogP contribution in [0.2, 0.25) is 0 Å². The topological polar surface area (TPSA) is 58.2 Å². The summed E-state index contributed by atoms with van der Waals surface area (Å²) in [5.74, 6) is 0.224.